The van der Waals surface area contributed by atoms with E-state index in [0.29, 0.717) is 91.7 Å². The number of hydrogen-bond acceptors (Lipinski definition) is 20. The molecule has 0 aromatic heterocycles. The van der Waals surface area contributed by atoms with Crippen molar-refractivity contribution in [2.45, 2.75) is 50.6 Å². The first kappa shape index (κ1) is 60.3. The first-order valence-electron chi connectivity index (χ1n) is 21.3. The lowest BCUT2D eigenvalue weighted by Gasteiger charge is -2.23. The fourth-order valence-corrected chi connectivity index (χ4v) is 4.95. The van der Waals surface area contributed by atoms with Gasteiger partial charge in [-0.15, -0.1) is 6.42 Å². The Hall–Kier alpha value is -3.69. The van der Waals surface area contributed by atoms with Crippen LogP contribution in [0.15, 0.2) is 0 Å². The summed E-state index contributed by atoms with van der Waals surface area (Å²) < 4.78 is 47.9. The van der Waals surface area contributed by atoms with Crippen molar-refractivity contribution < 1.29 is 81.1 Å². The van der Waals surface area contributed by atoms with Gasteiger partial charge in [-0.05, 0) is 38.5 Å². The molecule has 372 valence electrons. The largest absolute Gasteiger partial charge is 0.377 e. The standard InChI is InChI=1S/C39H74N8O17/c1-2-9-45-38(51)33(7-3-5-10-43-35(48)30-59-21-18-53-12-15-56-24-27-62-40)47-39(52)34(46-37(50)32-61-23-20-55-14-17-58-26-29-64-42)8-4-6-11-44-36(49)31-60-22-19-54-13-16-57-25-28-63-41/h1,33-34H,3-32,40-42H2,(H,43,48)(H,44,49)(H,45,51)(H,46,50)(H,47,52). The summed E-state index contributed by atoms with van der Waals surface area (Å²) in [5.74, 6) is 14.8. The number of amides is 5. The molecule has 0 saturated carbocycles. The Morgan fingerprint density at radius 3 is 1.09 bits per heavy atom. The van der Waals surface area contributed by atoms with Crippen molar-refractivity contribution in [3.8, 4) is 12.3 Å². The van der Waals surface area contributed by atoms with Crippen molar-refractivity contribution in [2.75, 3.05) is 158 Å². The molecular weight excluding hydrogens is 852 g/mol. The molecule has 0 aromatic rings. The van der Waals surface area contributed by atoms with Crippen molar-refractivity contribution in [3.05, 3.63) is 0 Å². The lowest BCUT2D eigenvalue weighted by atomic mass is 10.1. The van der Waals surface area contributed by atoms with Gasteiger partial charge >= 0.3 is 0 Å². The van der Waals surface area contributed by atoms with Gasteiger partial charge in [0.15, 0.2) is 0 Å². The second kappa shape index (κ2) is 47.3. The third kappa shape index (κ3) is 41.0. The zero-order valence-corrected chi connectivity index (χ0v) is 37.1. The van der Waals surface area contributed by atoms with Crippen LogP contribution >= 0.6 is 0 Å². The normalized spacial score (nSPS) is 12.0. The highest BCUT2D eigenvalue weighted by Gasteiger charge is 2.26. The van der Waals surface area contributed by atoms with Crippen LogP contribution in [0.25, 0.3) is 0 Å². The molecule has 25 heteroatoms. The minimum atomic E-state index is -1.04. The van der Waals surface area contributed by atoms with Crippen molar-refractivity contribution >= 4 is 29.5 Å². The molecule has 5 amide bonds. The molecule has 64 heavy (non-hydrogen) atoms. The summed E-state index contributed by atoms with van der Waals surface area (Å²) in [5.41, 5.74) is 0. The monoisotopic (exact) mass is 927 g/mol. The lowest BCUT2D eigenvalue weighted by molar-refractivity contribution is -0.134. The molecule has 0 rings (SSSR count). The maximum Gasteiger partial charge on any atom is 0.246 e. The molecular formula is C39H74N8O17. The number of unbranched alkanes of at least 4 members (excludes halogenated alkanes) is 2. The van der Waals surface area contributed by atoms with E-state index in [1.807, 2.05) is 0 Å². The van der Waals surface area contributed by atoms with E-state index in [0.717, 1.165) is 0 Å². The van der Waals surface area contributed by atoms with Crippen molar-refractivity contribution in [1.82, 2.24) is 26.6 Å². The Labute approximate surface area is 375 Å². The average Bonchev–Trinajstić information content (AvgIpc) is 3.28. The predicted molar refractivity (Wildman–Crippen MR) is 227 cm³/mol. The number of carbonyl (C=O) groups is 5. The highest BCUT2D eigenvalue weighted by molar-refractivity contribution is 5.92. The summed E-state index contributed by atoms with van der Waals surface area (Å²) in [7, 11) is 0. The van der Waals surface area contributed by atoms with E-state index in [1.54, 1.807) is 0 Å². The van der Waals surface area contributed by atoms with Crippen LogP contribution in [0.1, 0.15) is 38.5 Å². The van der Waals surface area contributed by atoms with Gasteiger partial charge in [0, 0.05) is 13.1 Å². The molecule has 0 aromatic carbocycles. The molecule has 2 unspecified atom stereocenters. The molecule has 2 atom stereocenters. The van der Waals surface area contributed by atoms with E-state index >= 15 is 0 Å². The van der Waals surface area contributed by atoms with Gasteiger partial charge in [-0.2, -0.15) is 0 Å². The van der Waals surface area contributed by atoms with E-state index in [4.69, 9.17) is 66.7 Å². The number of hydrogen-bond donors (Lipinski definition) is 8. The van der Waals surface area contributed by atoms with Gasteiger partial charge in [-0.25, -0.2) is 17.7 Å². The molecule has 0 spiro atoms. The Morgan fingerprint density at radius 2 is 0.734 bits per heavy atom. The number of ether oxygens (including phenoxy) is 9. The van der Waals surface area contributed by atoms with Crippen LogP contribution in [0.5, 0.6) is 0 Å². The average molecular weight is 927 g/mol. The molecule has 25 nitrogen and oxygen atoms in total. The van der Waals surface area contributed by atoms with E-state index < -0.39 is 29.8 Å². The summed E-state index contributed by atoms with van der Waals surface area (Å²) >= 11 is 0. The van der Waals surface area contributed by atoms with Crippen molar-refractivity contribution in [2.24, 2.45) is 17.7 Å². The van der Waals surface area contributed by atoms with Crippen LogP contribution in [-0.2, 0) is 81.1 Å². The Bertz CT molecular complexity index is 1210. The zero-order valence-electron chi connectivity index (χ0n) is 37.1. The van der Waals surface area contributed by atoms with E-state index in [1.165, 1.54) is 0 Å². The maximum absolute atomic E-state index is 13.6. The van der Waals surface area contributed by atoms with Crippen LogP contribution < -0.4 is 44.3 Å². The summed E-state index contributed by atoms with van der Waals surface area (Å²) in [6, 6.07) is -2.04. The first-order chi connectivity index (χ1) is 31.3. The number of terminal acetylenes is 1. The van der Waals surface area contributed by atoms with E-state index in [9.17, 15) is 24.0 Å². The minimum Gasteiger partial charge on any atom is -0.377 e. The Kier molecular flexibility index (Phi) is 44.6. The molecule has 0 aliphatic rings. The van der Waals surface area contributed by atoms with Gasteiger partial charge in [0.2, 0.25) is 29.5 Å². The van der Waals surface area contributed by atoms with Crippen LogP contribution in [0.2, 0.25) is 0 Å². The highest BCUT2D eigenvalue weighted by atomic mass is 16.6. The minimum absolute atomic E-state index is 0.0613. The quantitative estimate of drug-likeness (QED) is 0.0164. The molecule has 0 heterocycles. The van der Waals surface area contributed by atoms with Gasteiger partial charge < -0.3 is 83.7 Å². The third-order valence-electron chi connectivity index (χ3n) is 8.10. The third-order valence-corrected chi connectivity index (χ3v) is 8.10. The van der Waals surface area contributed by atoms with Gasteiger partial charge in [0.05, 0.1) is 125 Å². The highest BCUT2D eigenvalue weighted by Crippen LogP contribution is 2.06. The first-order valence-corrected chi connectivity index (χ1v) is 21.3. The second-order valence-electron chi connectivity index (χ2n) is 13.2. The number of carbonyl (C=O) groups excluding carboxylic acids is 5. The van der Waals surface area contributed by atoms with Crippen LogP contribution in [0, 0.1) is 12.3 Å². The molecule has 0 fully saturated rings. The van der Waals surface area contributed by atoms with Crippen molar-refractivity contribution in [3.63, 3.8) is 0 Å². The van der Waals surface area contributed by atoms with Gasteiger partial charge in [0.25, 0.3) is 0 Å². The van der Waals surface area contributed by atoms with E-state index in [2.05, 4.69) is 47.0 Å². The SMILES string of the molecule is C#CCNC(=O)C(CCCCNC(=O)COCCOCCOCCON)NC(=O)C(CCCCNC(=O)COCCOCCOCCON)NC(=O)COCCOCCOCCON. The molecule has 0 bridgehead atoms. The smallest absolute Gasteiger partial charge is 0.246 e. The van der Waals surface area contributed by atoms with E-state index in [-0.39, 0.29) is 117 Å². The molecule has 0 saturated heterocycles. The molecule has 0 radical (unpaired) electrons. The lowest BCUT2D eigenvalue weighted by Crippen LogP contribution is -2.54. The topological polar surface area (TPSA) is 334 Å². The van der Waals surface area contributed by atoms with Crippen molar-refractivity contribution in [1.29, 1.82) is 0 Å². The van der Waals surface area contributed by atoms with Gasteiger partial charge in [-0.3, -0.25) is 24.0 Å². The second-order valence-corrected chi connectivity index (χ2v) is 13.2. The number of rotatable bonds is 48. The number of nitrogens with one attached hydrogen (secondary N) is 5. The summed E-state index contributed by atoms with van der Waals surface area (Å²) in [4.78, 5) is 77.2. The molecule has 11 N–H and O–H groups in total. The number of nitrogens with two attached hydrogens (primary N) is 3. The van der Waals surface area contributed by atoms with Crippen LogP contribution in [-0.4, -0.2) is 200 Å². The van der Waals surface area contributed by atoms with Gasteiger partial charge in [-0.1, -0.05) is 5.92 Å². The summed E-state index contributed by atoms with van der Waals surface area (Å²) in [6.07, 6.45) is 7.56. The summed E-state index contributed by atoms with van der Waals surface area (Å²) in [5, 5.41) is 13.5. The van der Waals surface area contributed by atoms with Crippen LogP contribution in [0.4, 0.5) is 0 Å². The Balaban J connectivity index is 4.95. The van der Waals surface area contributed by atoms with Crippen LogP contribution in [0.3, 0.4) is 0 Å². The fourth-order valence-electron chi connectivity index (χ4n) is 4.95. The zero-order chi connectivity index (χ0) is 47.0. The maximum atomic E-state index is 13.6. The summed E-state index contributed by atoms with van der Waals surface area (Å²) in [6.45, 7) is 5.13. The predicted octanol–water partition coefficient (Wildman–Crippen LogP) is -3.90. The van der Waals surface area contributed by atoms with Gasteiger partial charge in [0.1, 0.15) is 31.9 Å². The fraction of sp³-hybridized carbons (Fsp3) is 0.821. The molecule has 0 aliphatic heterocycles. The Morgan fingerprint density at radius 1 is 0.406 bits per heavy atom. The molecule has 0 aliphatic carbocycles.